The third-order valence-electron chi connectivity index (χ3n) is 3.53. The molecule has 0 amide bonds. The minimum Gasteiger partial charge on any atom is -0.481 e. The number of hydrogen-bond acceptors (Lipinski definition) is 2. The monoisotopic (exact) mass is 251 g/mol. The average molecular weight is 251 g/mol. The van der Waals surface area contributed by atoms with Crippen LogP contribution >= 0.6 is 0 Å². The molecule has 4 heteroatoms. The first-order valence-electron chi connectivity index (χ1n) is 6.30. The van der Waals surface area contributed by atoms with Gasteiger partial charge in [-0.2, -0.15) is 0 Å². The number of carbonyl (C=O) groups is 1. The molecule has 0 aliphatic carbocycles. The smallest absolute Gasteiger partial charge is 0.305 e. The van der Waals surface area contributed by atoms with E-state index in [4.69, 9.17) is 5.11 Å². The van der Waals surface area contributed by atoms with E-state index in [9.17, 15) is 9.18 Å². The number of halogens is 1. The van der Waals surface area contributed by atoms with E-state index >= 15 is 0 Å². The van der Waals surface area contributed by atoms with E-state index in [2.05, 4.69) is 4.90 Å². The molecule has 1 fully saturated rings. The molecule has 18 heavy (non-hydrogen) atoms. The van der Waals surface area contributed by atoms with Gasteiger partial charge in [0.1, 0.15) is 5.82 Å². The standard InChI is InChI=1S/C14H18FNO2/c1-10-4-5-11(8-12(10)15)13(9-14(17)18)16-6-2-3-7-16/h4-5,8,13H,2-3,6-7,9H2,1H3,(H,17,18). The fourth-order valence-corrected chi connectivity index (χ4v) is 2.49. The highest BCUT2D eigenvalue weighted by molar-refractivity contribution is 5.68. The lowest BCUT2D eigenvalue weighted by atomic mass is 10.0. The molecule has 1 aliphatic rings. The Morgan fingerprint density at radius 3 is 2.67 bits per heavy atom. The quantitative estimate of drug-likeness (QED) is 0.894. The van der Waals surface area contributed by atoms with Crippen molar-refractivity contribution in [1.29, 1.82) is 0 Å². The molecule has 3 nitrogen and oxygen atoms in total. The second-order valence-corrected chi connectivity index (χ2v) is 4.87. The van der Waals surface area contributed by atoms with Gasteiger partial charge >= 0.3 is 5.97 Å². The van der Waals surface area contributed by atoms with Gasteiger partial charge in [0.25, 0.3) is 0 Å². The van der Waals surface area contributed by atoms with Gasteiger partial charge in [0.05, 0.1) is 6.42 Å². The molecule has 1 aromatic carbocycles. The Morgan fingerprint density at radius 2 is 2.11 bits per heavy atom. The van der Waals surface area contributed by atoms with Crippen LogP contribution in [0.4, 0.5) is 4.39 Å². The molecule has 1 aliphatic heterocycles. The summed E-state index contributed by atoms with van der Waals surface area (Å²) in [4.78, 5) is 13.1. The van der Waals surface area contributed by atoms with Crippen molar-refractivity contribution in [3.8, 4) is 0 Å². The number of nitrogens with zero attached hydrogens (tertiary/aromatic N) is 1. The number of carboxylic acid groups (broad SMARTS) is 1. The Bertz CT molecular complexity index is 441. The van der Waals surface area contributed by atoms with Crippen molar-refractivity contribution in [2.45, 2.75) is 32.2 Å². The van der Waals surface area contributed by atoms with Gasteiger partial charge in [-0.25, -0.2) is 4.39 Å². The first-order valence-corrected chi connectivity index (χ1v) is 6.30. The number of aryl methyl sites for hydroxylation is 1. The van der Waals surface area contributed by atoms with Crippen LogP contribution in [0.3, 0.4) is 0 Å². The van der Waals surface area contributed by atoms with Crippen LogP contribution in [0, 0.1) is 12.7 Å². The third-order valence-corrected chi connectivity index (χ3v) is 3.53. The van der Waals surface area contributed by atoms with E-state index in [0.29, 0.717) is 5.56 Å². The first kappa shape index (κ1) is 13.0. The van der Waals surface area contributed by atoms with Gasteiger partial charge in [0.15, 0.2) is 0 Å². The van der Waals surface area contributed by atoms with E-state index < -0.39 is 5.97 Å². The summed E-state index contributed by atoms with van der Waals surface area (Å²) in [6, 6.07) is 4.82. The lowest BCUT2D eigenvalue weighted by Crippen LogP contribution is -2.27. The Balaban J connectivity index is 2.26. The lowest BCUT2D eigenvalue weighted by molar-refractivity contribution is -0.138. The van der Waals surface area contributed by atoms with E-state index in [0.717, 1.165) is 31.5 Å². The second-order valence-electron chi connectivity index (χ2n) is 4.87. The maximum Gasteiger partial charge on any atom is 0.305 e. The highest BCUT2D eigenvalue weighted by atomic mass is 19.1. The van der Waals surface area contributed by atoms with Crippen molar-refractivity contribution < 1.29 is 14.3 Å². The number of likely N-dealkylation sites (tertiary alicyclic amines) is 1. The zero-order valence-corrected chi connectivity index (χ0v) is 10.5. The molecule has 0 spiro atoms. The van der Waals surface area contributed by atoms with Crippen LogP contribution in [0.25, 0.3) is 0 Å². The van der Waals surface area contributed by atoms with Crippen molar-refractivity contribution in [3.05, 3.63) is 35.1 Å². The van der Waals surface area contributed by atoms with Gasteiger partial charge < -0.3 is 5.11 Å². The molecular formula is C14H18FNO2. The van der Waals surface area contributed by atoms with Gasteiger partial charge in [-0.05, 0) is 50.0 Å². The molecule has 1 saturated heterocycles. The number of hydrogen-bond donors (Lipinski definition) is 1. The Hall–Kier alpha value is -1.42. The molecule has 1 N–H and O–H groups in total. The van der Waals surface area contributed by atoms with Crippen LogP contribution in [0.15, 0.2) is 18.2 Å². The number of aliphatic carboxylic acids is 1. The summed E-state index contributed by atoms with van der Waals surface area (Å²) in [5.41, 5.74) is 1.36. The van der Waals surface area contributed by atoms with Crippen LogP contribution in [0.2, 0.25) is 0 Å². The normalized spacial score (nSPS) is 17.9. The fraction of sp³-hybridized carbons (Fsp3) is 0.500. The summed E-state index contributed by atoms with van der Waals surface area (Å²) in [6.07, 6.45) is 2.21. The predicted octanol–water partition coefficient (Wildman–Crippen LogP) is 2.75. The summed E-state index contributed by atoms with van der Waals surface area (Å²) in [7, 11) is 0. The topological polar surface area (TPSA) is 40.5 Å². The summed E-state index contributed by atoms with van der Waals surface area (Å²) < 4.78 is 13.6. The first-order chi connectivity index (χ1) is 8.58. The van der Waals surface area contributed by atoms with Gasteiger partial charge in [0.2, 0.25) is 0 Å². The van der Waals surface area contributed by atoms with Gasteiger partial charge in [0, 0.05) is 6.04 Å². The number of benzene rings is 1. The van der Waals surface area contributed by atoms with E-state index in [-0.39, 0.29) is 18.3 Å². The predicted molar refractivity (Wildman–Crippen MR) is 66.9 cm³/mol. The molecule has 0 bridgehead atoms. The molecular weight excluding hydrogens is 233 g/mol. The SMILES string of the molecule is Cc1ccc(C(CC(=O)O)N2CCCC2)cc1F. The molecule has 1 unspecified atom stereocenters. The summed E-state index contributed by atoms with van der Waals surface area (Å²) in [5.74, 6) is -1.10. The number of rotatable bonds is 4. The van der Waals surface area contributed by atoms with Gasteiger partial charge in [-0.15, -0.1) is 0 Å². The molecule has 0 aromatic heterocycles. The van der Waals surface area contributed by atoms with E-state index in [1.807, 2.05) is 6.07 Å². The van der Waals surface area contributed by atoms with Crippen LogP contribution in [-0.2, 0) is 4.79 Å². The summed E-state index contributed by atoms with van der Waals surface area (Å²) in [6.45, 7) is 3.50. The van der Waals surface area contributed by atoms with E-state index in [1.54, 1.807) is 13.0 Å². The minimum atomic E-state index is -0.840. The summed E-state index contributed by atoms with van der Waals surface area (Å²) in [5, 5.41) is 9.01. The average Bonchev–Trinajstić information content (AvgIpc) is 2.83. The molecule has 0 radical (unpaired) electrons. The van der Waals surface area contributed by atoms with Crippen LogP contribution in [0.1, 0.15) is 36.4 Å². The lowest BCUT2D eigenvalue weighted by Gasteiger charge is -2.26. The molecule has 98 valence electrons. The maximum atomic E-state index is 13.6. The molecule has 1 aromatic rings. The van der Waals surface area contributed by atoms with Crippen LogP contribution in [0.5, 0.6) is 0 Å². The van der Waals surface area contributed by atoms with E-state index in [1.165, 1.54) is 6.07 Å². The maximum absolute atomic E-state index is 13.6. The Morgan fingerprint density at radius 1 is 1.44 bits per heavy atom. The van der Waals surface area contributed by atoms with Crippen molar-refractivity contribution >= 4 is 5.97 Å². The summed E-state index contributed by atoms with van der Waals surface area (Å²) >= 11 is 0. The van der Waals surface area contributed by atoms with Crippen molar-refractivity contribution in [2.75, 3.05) is 13.1 Å². The van der Waals surface area contributed by atoms with Crippen LogP contribution < -0.4 is 0 Å². The van der Waals surface area contributed by atoms with Gasteiger partial charge in [-0.3, -0.25) is 9.69 Å². The van der Waals surface area contributed by atoms with Crippen molar-refractivity contribution in [3.63, 3.8) is 0 Å². The highest BCUT2D eigenvalue weighted by Crippen LogP contribution is 2.29. The third kappa shape index (κ3) is 2.88. The second kappa shape index (κ2) is 5.48. The molecule has 2 rings (SSSR count). The van der Waals surface area contributed by atoms with Crippen LogP contribution in [-0.4, -0.2) is 29.1 Å². The largest absolute Gasteiger partial charge is 0.481 e. The minimum absolute atomic E-state index is 0.0303. The molecule has 1 atom stereocenters. The fourth-order valence-electron chi connectivity index (χ4n) is 2.49. The highest BCUT2D eigenvalue weighted by Gasteiger charge is 2.26. The Kier molecular flexibility index (Phi) is 3.97. The van der Waals surface area contributed by atoms with Gasteiger partial charge in [-0.1, -0.05) is 12.1 Å². The zero-order chi connectivity index (χ0) is 13.1. The number of carboxylic acids is 1. The van der Waals surface area contributed by atoms with Crippen molar-refractivity contribution in [2.24, 2.45) is 0 Å². The molecule has 0 saturated carbocycles. The zero-order valence-electron chi connectivity index (χ0n) is 10.5. The Labute approximate surface area is 106 Å². The molecule has 1 heterocycles. The van der Waals surface area contributed by atoms with Crippen molar-refractivity contribution in [1.82, 2.24) is 4.90 Å².